The van der Waals surface area contributed by atoms with E-state index >= 15 is 0 Å². The number of rotatable bonds is 7. The lowest BCUT2D eigenvalue weighted by molar-refractivity contribution is -0.301. The van der Waals surface area contributed by atoms with Gasteiger partial charge in [0.25, 0.3) is 0 Å². The lowest BCUT2D eigenvalue weighted by Crippen LogP contribution is -2.41. The Labute approximate surface area is 186 Å². The maximum atomic E-state index is 13.7. The van der Waals surface area contributed by atoms with Gasteiger partial charge in [-0.15, -0.1) is 13.2 Å². The first-order valence-corrected chi connectivity index (χ1v) is 10.2. The van der Waals surface area contributed by atoms with Gasteiger partial charge >= 0.3 is 18.4 Å². The van der Waals surface area contributed by atoms with Crippen LogP contribution in [0.1, 0.15) is 31.2 Å². The molecule has 1 saturated carbocycles. The molecule has 7 nitrogen and oxygen atoms in total. The molecular weight excluding hydrogens is 448 g/mol. The van der Waals surface area contributed by atoms with Crippen molar-refractivity contribution in [1.29, 1.82) is 0 Å². The number of benzene rings is 2. The molecule has 0 heterocycles. The van der Waals surface area contributed by atoms with Crippen LogP contribution in [-0.4, -0.2) is 30.5 Å². The summed E-state index contributed by atoms with van der Waals surface area (Å²) in [6, 6.07) is 10.9. The van der Waals surface area contributed by atoms with Gasteiger partial charge in [0, 0.05) is 17.8 Å². The fourth-order valence-electron chi connectivity index (χ4n) is 3.36. The second-order valence-electron chi connectivity index (χ2n) is 7.48. The van der Waals surface area contributed by atoms with Gasteiger partial charge in [0.1, 0.15) is 6.10 Å². The Balaban J connectivity index is 1.37. The summed E-state index contributed by atoms with van der Waals surface area (Å²) in [6.07, 6.45) is -3.01. The highest BCUT2D eigenvalue weighted by atomic mass is 19.4. The summed E-state index contributed by atoms with van der Waals surface area (Å²) in [7, 11) is 0. The van der Waals surface area contributed by atoms with E-state index in [-0.39, 0.29) is 24.3 Å². The van der Waals surface area contributed by atoms with Crippen LogP contribution in [-0.2, 0) is 21.0 Å². The number of carbonyl (C=O) groups is 2. The van der Waals surface area contributed by atoms with Crippen molar-refractivity contribution in [3.05, 3.63) is 59.9 Å². The summed E-state index contributed by atoms with van der Waals surface area (Å²) in [6.45, 7) is 0. The molecule has 1 fully saturated rings. The molecule has 1 aliphatic carbocycles. The van der Waals surface area contributed by atoms with Gasteiger partial charge in [-0.25, -0.2) is 14.0 Å². The second kappa shape index (κ2) is 11.0. The molecule has 11 heteroatoms. The minimum Gasteiger partial charge on any atom is -0.403 e. The van der Waals surface area contributed by atoms with Crippen LogP contribution in [0.4, 0.5) is 28.0 Å². The normalized spacial score (nSPS) is 18.3. The monoisotopic (exact) mass is 470 g/mol. The average molecular weight is 470 g/mol. The maximum Gasteiger partial charge on any atom is 0.573 e. The van der Waals surface area contributed by atoms with Gasteiger partial charge in [0.05, 0.1) is 6.42 Å². The van der Waals surface area contributed by atoms with Gasteiger partial charge in [-0.05, 0) is 43.4 Å². The first-order valence-electron chi connectivity index (χ1n) is 10.2. The zero-order valence-electron chi connectivity index (χ0n) is 17.4. The number of amides is 2. The van der Waals surface area contributed by atoms with Gasteiger partial charge < -0.3 is 15.4 Å². The van der Waals surface area contributed by atoms with Crippen molar-refractivity contribution in [3.8, 4) is 5.75 Å². The molecule has 0 saturated heterocycles. The van der Waals surface area contributed by atoms with E-state index in [1.165, 1.54) is 0 Å². The van der Waals surface area contributed by atoms with E-state index in [2.05, 4.69) is 15.4 Å². The largest absolute Gasteiger partial charge is 0.573 e. The smallest absolute Gasteiger partial charge is 0.403 e. The van der Waals surface area contributed by atoms with E-state index in [4.69, 9.17) is 9.78 Å². The molecule has 2 aromatic carbocycles. The number of halogens is 4. The minimum absolute atomic E-state index is 0.0260. The number of carbonyl (C=O) groups excluding carboxylic acids is 2. The second-order valence-corrected chi connectivity index (χ2v) is 7.48. The highest BCUT2D eigenvalue weighted by Crippen LogP contribution is 2.27. The standard InChI is InChI=1S/C22H22F4N2O5/c23-18-13-16(8-11-19(18)31-22(24,25)26)28-21(30)27-15-6-9-17(10-7-15)32-33-20(29)12-14-4-2-1-3-5-14/h1-5,8,11,13,15,17H,6-7,9-10,12H2,(H2,27,28,30). The summed E-state index contributed by atoms with van der Waals surface area (Å²) in [5.41, 5.74) is 0.786. The van der Waals surface area contributed by atoms with Gasteiger partial charge in [-0.3, -0.25) is 4.89 Å². The number of urea groups is 1. The molecule has 33 heavy (non-hydrogen) atoms. The molecule has 0 aromatic heterocycles. The summed E-state index contributed by atoms with van der Waals surface area (Å²) in [4.78, 5) is 34.1. The average Bonchev–Trinajstić information content (AvgIpc) is 2.75. The quantitative estimate of drug-likeness (QED) is 0.343. The fourth-order valence-corrected chi connectivity index (χ4v) is 3.36. The Hall–Kier alpha value is -3.34. The molecule has 0 radical (unpaired) electrons. The third kappa shape index (κ3) is 8.26. The van der Waals surface area contributed by atoms with Crippen molar-refractivity contribution in [2.24, 2.45) is 0 Å². The lowest BCUT2D eigenvalue weighted by Gasteiger charge is -2.27. The molecule has 0 bridgehead atoms. The van der Waals surface area contributed by atoms with Gasteiger partial charge in [0.15, 0.2) is 11.6 Å². The highest BCUT2D eigenvalue weighted by molar-refractivity contribution is 5.89. The third-order valence-electron chi connectivity index (χ3n) is 4.89. The van der Waals surface area contributed by atoms with Crippen molar-refractivity contribution in [3.63, 3.8) is 0 Å². The molecular formula is C22H22F4N2O5. The number of ether oxygens (including phenoxy) is 1. The molecule has 0 aliphatic heterocycles. The van der Waals surface area contributed by atoms with E-state index in [0.29, 0.717) is 25.7 Å². The topological polar surface area (TPSA) is 85.9 Å². The first kappa shape index (κ1) is 24.3. The zero-order chi connectivity index (χ0) is 23.8. The van der Waals surface area contributed by atoms with Crippen LogP contribution >= 0.6 is 0 Å². The predicted octanol–water partition coefficient (Wildman–Crippen LogP) is 4.87. The number of alkyl halides is 3. The summed E-state index contributed by atoms with van der Waals surface area (Å²) in [5, 5.41) is 5.08. The molecule has 2 amide bonds. The van der Waals surface area contributed by atoms with Crippen LogP contribution in [0.5, 0.6) is 5.75 Å². The van der Waals surface area contributed by atoms with Gasteiger partial charge in [-0.1, -0.05) is 30.3 Å². The van der Waals surface area contributed by atoms with Crippen molar-refractivity contribution in [2.45, 2.75) is 50.6 Å². The fraction of sp³-hybridized carbons (Fsp3) is 0.364. The van der Waals surface area contributed by atoms with Crippen LogP contribution in [0.15, 0.2) is 48.5 Å². The van der Waals surface area contributed by atoms with Gasteiger partial charge in [0.2, 0.25) is 0 Å². The Morgan fingerprint density at radius 2 is 1.70 bits per heavy atom. The van der Waals surface area contributed by atoms with E-state index < -0.39 is 29.9 Å². The molecule has 2 aromatic rings. The van der Waals surface area contributed by atoms with Crippen molar-refractivity contribution < 1.29 is 41.7 Å². The molecule has 178 valence electrons. The summed E-state index contributed by atoms with van der Waals surface area (Å²) < 4.78 is 53.9. The van der Waals surface area contributed by atoms with Crippen LogP contribution in [0.3, 0.4) is 0 Å². The van der Waals surface area contributed by atoms with Crippen molar-refractivity contribution >= 4 is 17.7 Å². The summed E-state index contributed by atoms with van der Waals surface area (Å²) in [5.74, 6) is -2.75. The van der Waals surface area contributed by atoms with Crippen molar-refractivity contribution in [2.75, 3.05) is 5.32 Å². The number of anilines is 1. The Morgan fingerprint density at radius 1 is 1.00 bits per heavy atom. The van der Waals surface area contributed by atoms with Crippen LogP contribution in [0.25, 0.3) is 0 Å². The lowest BCUT2D eigenvalue weighted by atomic mass is 9.93. The Morgan fingerprint density at radius 3 is 2.33 bits per heavy atom. The third-order valence-corrected chi connectivity index (χ3v) is 4.89. The zero-order valence-corrected chi connectivity index (χ0v) is 17.4. The molecule has 1 aliphatic rings. The summed E-state index contributed by atoms with van der Waals surface area (Å²) >= 11 is 0. The first-order chi connectivity index (χ1) is 15.7. The van der Waals surface area contributed by atoms with E-state index in [1.54, 1.807) is 0 Å². The molecule has 0 spiro atoms. The SMILES string of the molecule is O=C(Nc1ccc(OC(F)(F)F)c(F)c1)NC1CCC(OOC(=O)Cc2ccccc2)CC1. The molecule has 0 atom stereocenters. The maximum absolute atomic E-state index is 13.7. The van der Waals surface area contributed by atoms with Crippen molar-refractivity contribution in [1.82, 2.24) is 5.32 Å². The minimum atomic E-state index is -5.02. The van der Waals surface area contributed by atoms with Crippen LogP contribution < -0.4 is 15.4 Å². The number of hydrogen-bond acceptors (Lipinski definition) is 5. The van der Waals surface area contributed by atoms with Crippen LogP contribution in [0.2, 0.25) is 0 Å². The molecule has 3 rings (SSSR count). The van der Waals surface area contributed by atoms with Crippen LogP contribution in [0, 0.1) is 5.82 Å². The predicted molar refractivity (Wildman–Crippen MR) is 109 cm³/mol. The van der Waals surface area contributed by atoms with E-state index in [9.17, 15) is 27.2 Å². The van der Waals surface area contributed by atoms with E-state index in [0.717, 1.165) is 23.8 Å². The highest BCUT2D eigenvalue weighted by Gasteiger charge is 2.32. The molecule has 2 N–H and O–H groups in total. The Kier molecular flexibility index (Phi) is 8.10. The molecule has 0 unspecified atom stereocenters. The number of hydrogen-bond donors (Lipinski definition) is 2. The van der Waals surface area contributed by atoms with Gasteiger partial charge in [-0.2, -0.15) is 4.89 Å². The van der Waals surface area contributed by atoms with E-state index in [1.807, 2.05) is 30.3 Å². The number of nitrogens with one attached hydrogen (secondary N) is 2. The Bertz CT molecular complexity index is 948.